The second kappa shape index (κ2) is 12.9. The molecule has 0 saturated heterocycles. The van der Waals surface area contributed by atoms with Crippen molar-refractivity contribution in [1.29, 1.82) is 0 Å². The van der Waals surface area contributed by atoms with E-state index in [-0.39, 0.29) is 16.2 Å². The number of hydrogen-bond donors (Lipinski definition) is 0. The number of carbonyl (C=O) groups is 1. The van der Waals surface area contributed by atoms with Crippen molar-refractivity contribution in [3.05, 3.63) is 59.1 Å². The monoisotopic (exact) mass is 472 g/mol. The van der Waals surface area contributed by atoms with Gasteiger partial charge in [0.05, 0.1) is 18.1 Å². The van der Waals surface area contributed by atoms with Crippen LogP contribution in [0.4, 0.5) is 0 Å². The molecule has 0 amide bonds. The summed E-state index contributed by atoms with van der Waals surface area (Å²) in [4.78, 5) is 15.5. The highest BCUT2D eigenvalue weighted by molar-refractivity contribution is 8.08. The first-order valence-electron chi connectivity index (χ1n) is 11.3. The minimum Gasteiger partial charge on any atom is -0.490 e. The third kappa shape index (κ3) is 7.01. The molecule has 0 aliphatic carbocycles. The van der Waals surface area contributed by atoms with Gasteiger partial charge in [0.2, 0.25) is 0 Å². The molecule has 0 radical (unpaired) electrons. The standard InChI is InChI=1S/C25H32N2O5S/c1-4-6-11-15-31-21-17-19(3)23(18-22(21)32-16-12-7-5-2)33(29,30)25(27-26)24(28)20-13-9-8-10-14-20/h8-10,13-14,17-18H,4-7,11-12,15-16H2,1-3H3. The van der Waals surface area contributed by atoms with E-state index in [4.69, 9.17) is 9.47 Å². The molecular formula is C25H32N2O5S. The Morgan fingerprint density at radius 2 is 1.45 bits per heavy atom. The van der Waals surface area contributed by atoms with Gasteiger partial charge in [0.15, 0.2) is 11.5 Å². The van der Waals surface area contributed by atoms with E-state index in [2.05, 4.69) is 18.6 Å². The van der Waals surface area contributed by atoms with E-state index in [9.17, 15) is 18.7 Å². The third-order valence-corrected chi connectivity index (χ3v) is 6.91. The molecule has 0 unspecified atom stereocenters. The Morgan fingerprint density at radius 3 is 1.97 bits per heavy atom. The SMILES string of the molecule is CCCCCOc1cc(C)c(S(=O)(=O)C(=[N+]=[N-])C(=O)c2ccccc2)cc1OCCCCC. The van der Waals surface area contributed by atoms with Crippen LogP contribution in [0, 0.1) is 6.92 Å². The number of sulfone groups is 1. The Balaban J connectivity index is 2.43. The number of rotatable bonds is 13. The summed E-state index contributed by atoms with van der Waals surface area (Å²) in [5.41, 5.74) is 9.94. The van der Waals surface area contributed by atoms with Crippen LogP contribution in [-0.2, 0) is 9.84 Å². The minimum atomic E-state index is -4.42. The Labute approximate surface area is 196 Å². The number of nitrogens with zero attached hydrogens (tertiary/aromatic N) is 2. The molecule has 0 saturated carbocycles. The van der Waals surface area contributed by atoms with Crippen LogP contribution in [0.3, 0.4) is 0 Å². The maximum Gasteiger partial charge on any atom is 0.456 e. The molecule has 33 heavy (non-hydrogen) atoms. The number of carbonyl (C=O) groups excluding carboxylic acids is 1. The van der Waals surface area contributed by atoms with Gasteiger partial charge in [-0.05, 0) is 31.4 Å². The number of hydrogen-bond acceptors (Lipinski definition) is 5. The van der Waals surface area contributed by atoms with Gasteiger partial charge in [-0.2, -0.15) is 0 Å². The fraction of sp³-hybridized carbons (Fsp3) is 0.440. The second-order valence-corrected chi connectivity index (χ2v) is 9.61. The van der Waals surface area contributed by atoms with E-state index >= 15 is 0 Å². The highest BCUT2D eigenvalue weighted by atomic mass is 32.2. The van der Waals surface area contributed by atoms with E-state index in [1.54, 1.807) is 31.2 Å². The lowest BCUT2D eigenvalue weighted by Crippen LogP contribution is -2.26. The number of unbranched alkanes of at least 4 members (excludes halogenated alkanes) is 4. The van der Waals surface area contributed by atoms with Gasteiger partial charge in [-0.25, -0.2) is 8.42 Å². The van der Waals surface area contributed by atoms with Gasteiger partial charge in [-0.15, -0.1) is 4.79 Å². The second-order valence-electron chi connectivity index (χ2n) is 7.78. The predicted octanol–water partition coefficient (Wildman–Crippen LogP) is 5.42. The van der Waals surface area contributed by atoms with Gasteiger partial charge in [-0.3, -0.25) is 4.79 Å². The van der Waals surface area contributed by atoms with Crippen molar-refractivity contribution in [3.63, 3.8) is 0 Å². The summed E-state index contributed by atoms with van der Waals surface area (Å²) in [5.74, 6) is -0.144. The molecule has 7 nitrogen and oxygen atoms in total. The Morgan fingerprint density at radius 1 is 0.909 bits per heavy atom. The summed E-state index contributed by atoms with van der Waals surface area (Å²) in [6.45, 7) is 6.68. The molecule has 0 bridgehead atoms. The molecule has 0 fully saturated rings. The number of ether oxygens (including phenoxy) is 2. The van der Waals surface area contributed by atoms with Gasteiger partial charge in [0.1, 0.15) is 0 Å². The molecular weight excluding hydrogens is 440 g/mol. The van der Waals surface area contributed by atoms with Crippen molar-refractivity contribution in [2.75, 3.05) is 13.2 Å². The number of ketones is 1. The molecule has 2 aromatic carbocycles. The molecule has 0 aromatic heterocycles. The number of benzene rings is 2. The first kappa shape index (κ1) is 26.3. The van der Waals surface area contributed by atoms with Gasteiger partial charge >= 0.3 is 5.04 Å². The van der Waals surface area contributed by atoms with Crippen molar-refractivity contribution < 1.29 is 27.5 Å². The summed E-state index contributed by atoms with van der Waals surface area (Å²) in [5, 5.41) is -0.939. The van der Waals surface area contributed by atoms with Crippen LogP contribution >= 0.6 is 0 Å². The average Bonchev–Trinajstić information content (AvgIpc) is 2.81. The predicted molar refractivity (Wildman–Crippen MR) is 128 cm³/mol. The van der Waals surface area contributed by atoms with Gasteiger partial charge < -0.3 is 15.0 Å². The molecule has 0 N–H and O–H groups in total. The van der Waals surface area contributed by atoms with E-state index in [1.807, 2.05) is 0 Å². The molecule has 178 valence electrons. The first-order valence-corrected chi connectivity index (χ1v) is 12.8. The normalized spacial score (nSPS) is 11.0. The van der Waals surface area contributed by atoms with Crippen molar-refractivity contribution in [2.45, 2.75) is 64.2 Å². The number of aryl methyl sites for hydroxylation is 1. The molecule has 2 rings (SSSR count). The van der Waals surface area contributed by atoms with E-state index in [0.29, 0.717) is 24.5 Å². The zero-order valence-electron chi connectivity index (χ0n) is 19.5. The Kier molecular flexibility index (Phi) is 10.3. The fourth-order valence-corrected chi connectivity index (χ4v) is 4.69. The van der Waals surface area contributed by atoms with Crippen LogP contribution in [0.2, 0.25) is 0 Å². The summed E-state index contributed by atoms with van der Waals surface area (Å²) in [7, 11) is -4.42. The molecule has 8 heteroatoms. The molecule has 2 aromatic rings. The average molecular weight is 473 g/mol. The smallest absolute Gasteiger partial charge is 0.456 e. The van der Waals surface area contributed by atoms with E-state index in [0.717, 1.165) is 38.5 Å². The Hall–Kier alpha value is -2.96. The molecule has 0 spiro atoms. The Bertz CT molecular complexity index is 1090. The zero-order valence-corrected chi connectivity index (χ0v) is 20.4. The maximum atomic E-state index is 13.3. The lowest BCUT2D eigenvalue weighted by molar-refractivity contribution is -0.00158. The van der Waals surface area contributed by atoms with Crippen molar-refractivity contribution in [1.82, 2.24) is 0 Å². The van der Waals surface area contributed by atoms with Crippen molar-refractivity contribution >= 4 is 20.7 Å². The molecule has 0 atom stereocenters. The van der Waals surface area contributed by atoms with Crippen molar-refractivity contribution in [3.8, 4) is 11.5 Å². The van der Waals surface area contributed by atoms with Crippen LogP contribution in [0.5, 0.6) is 11.5 Å². The van der Waals surface area contributed by atoms with Gasteiger partial charge in [0.25, 0.3) is 15.6 Å². The lowest BCUT2D eigenvalue weighted by Gasteiger charge is -2.16. The van der Waals surface area contributed by atoms with Crippen LogP contribution in [0.1, 0.15) is 68.3 Å². The van der Waals surface area contributed by atoms with Crippen LogP contribution < -0.4 is 9.47 Å². The van der Waals surface area contributed by atoms with Gasteiger partial charge in [0, 0.05) is 11.6 Å². The fourth-order valence-electron chi connectivity index (χ4n) is 3.26. The summed E-state index contributed by atoms with van der Waals surface area (Å²) in [6.07, 6.45) is 5.77. The minimum absolute atomic E-state index is 0.110. The quantitative estimate of drug-likeness (QED) is 0.0966. The topological polar surface area (TPSA) is 106 Å². The highest BCUT2D eigenvalue weighted by Gasteiger charge is 2.39. The van der Waals surface area contributed by atoms with E-state index < -0.39 is 20.7 Å². The lowest BCUT2D eigenvalue weighted by atomic mass is 10.1. The van der Waals surface area contributed by atoms with Crippen LogP contribution in [0.15, 0.2) is 47.4 Å². The maximum absolute atomic E-state index is 13.3. The van der Waals surface area contributed by atoms with Crippen LogP contribution in [0.25, 0.3) is 5.53 Å². The highest BCUT2D eigenvalue weighted by Crippen LogP contribution is 2.34. The first-order chi connectivity index (χ1) is 15.9. The summed E-state index contributed by atoms with van der Waals surface area (Å²) in [6, 6.07) is 10.8. The number of Topliss-reactive ketones (excluding diaryl/α,β-unsaturated/α-hetero) is 1. The zero-order chi connectivity index (χ0) is 24.3. The van der Waals surface area contributed by atoms with Crippen molar-refractivity contribution in [2.24, 2.45) is 0 Å². The molecule has 0 heterocycles. The van der Waals surface area contributed by atoms with Gasteiger partial charge in [-0.1, -0.05) is 69.9 Å². The summed E-state index contributed by atoms with van der Waals surface area (Å²) < 4.78 is 38.4. The largest absolute Gasteiger partial charge is 0.490 e. The summed E-state index contributed by atoms with van der Waals surface area (Å²) >= 11 is 0. The molecule has 0 aliphatic rings. The van der Waals surface area contributed by atoms with Crippen LogP contribution in [-0.4, -0.2) is 37.2 Å². The van der Waals surface area contributed by atoms with E-state index in [1.165, 1.54) is 18.2 Å². The molecule has 0 aliphatic heterocycles. The third-order valence-electron chi connectivity index (χ3n) is 5.12.